The molecule has 0 aliphatic rings. The minimum Gasteiger partial charge on any atom is -0.389 e. The average molecular weight is 265 g/mol. The molecule has 1 aromatic carbocycles. The summed E-state index contributed by atoms with van der Waals surface area (Å²) >= 11 is 4.84. The quantitative estimate of drug-likeness (QED) is 0.678. The molecule has 0 aliphatic heterocycles. The molecule has 0 bridgehead atoms. The molecule has 0 radical (unpaired) electrons. The molecule has 4 N–H and O–H groups in total. The topological polar surface area (TPSA) is 84.2 Å². The zero-order chi connectivity index (χ0) is 13.7. The Morgan fingerprint density at radius 2 is 1.94 bits per heavy atom. The van der Waals surface area contributed by atoms with Crippen LogP contribution in [0.25, 0.3) is 0 Å². The normalized spacial score (nSPS) is 11.4. The Morgan fingerprint density at radius 3 is 2.50 bits per heavy atom. The van der Waals surface area contributed by atoms with E-state index in [-0.39, 0.29) is 16.8 Å². The monoisotopic (exact) mass is 265 g/mol. The van der Waals surface area contributed by atoms with E-state index in [1.807, 2.05) is 0 Å². The molecule has 18 heavy (non-hydrogen) atoms. The molecular formula is C12H15N3O2S. The lowest BCUT2D eigenvalue weighted by atomic mass is 10.1. The number of hydrogen-bond donors (Lipinski definition) is 3. The van der Waals surface area contributed by atoms with Crippen LogP contribution in [0, 0.1) is 0 Å². The lowest BCUT2D eigenvalue weighted by molar-refractivity contribution is -0.122. The van der Waals surface area contributed by atoms with Crippen molar-refractivity contribution in [3.8, 4) is 0 Å². The van der Waals surface area contributed by atoms with Crippen LogP contribution < -0.4 is 16.4 Å². The van der Waals surface area contributed by atoms with Crippen LogP contribution in [0.1, 0.15) is 22.8 Å². The van der Waals surface area contributed by atoms with Crippen molar-refractivity contribution in [2.75, 3.05) is 7.05 Å². The third-order valence-corrected chi connectivity index (χ3v) is 2.63. The molecule has 0 saturated heterocycles. The van der Waals surface area contributed by atoms with Gasteiger partial charge in [-0.05, 0) is 19.1 Å². The Hall–Kier alpha value is -1.95. The van der Waals surface area contributed by atoms with Gasteiger partial charge in [-0.25, -0.2) is 0 Å². The zero-order valence-corrected chi connectivity index (χ0v) is 11.0. The first-order valence-corrected chi connectivity index (χ1v) is 5.79. The summed E-state index contributed by atoms with van der Waals surface area (Å²) in [6, 6.07) is 6.04. The summed E-state index contributed by atoms with van der Waals surface area (Å²) in [4.78, 5) is 23.4. The highest BCUT2D eigenvalue weighted by Crippen LogP contribution is 2.05. The molecular weight excluding hydrogens is 250 g/mol. The van der Waals surface area contributed by atoms with Crippen LogP contribution in [0.3, 0.4) is 0 Å². The summed E-state index contributed by atoms with van der Waals surface area (Å²) in [5.74, 6) is -0.599. The number of thiocarbonyl (C=S) groups is 1. The fourth-order valence-corrected chi connectivity index (χ4v) is 1.50. The third kappa shape index (κ3) is 3.53. The minimum absolute atomic E-state index is 0.226. The van der Waals surface area contributed by atoms with E-state index in [4.69, 9.17) is 18.0 Å². The summed E-state index contributed by atoms with van der Waals surface area (Å²) in [7, 11) is 1.51. The van der Waals surface area contributed by atoms with E-state index in [9.17, 15) is 9.59 Å². The molecule has 1 aromatic rings. The lowest BCUT2D eigenvalue weighted by Crippen LogP contribution is -2.43. The molecule has 6 heteroatoms. The summed E-state index contributed by atoms with van der Waals surface area (Å²) < 4.78 is 0. The van der Waals surface area contributed by atoms with Gasteiger partial charge in [-0.2, -0.15) is 0 Å². The van der Waals surface area contributed by atoms with Crippen molar-refractivity contribution in [1.29, 1.82) is 0 Å². The molecule has 0 spiro atoms. The van der Waals surface area contributed by atoms with Gasteiger partial charge in [0.05, 0.1) is 0 Å². The first-order chi connectivity index (χ1) is 8.45. The predicted molar refractivity (Wildman–Crippen MR) is 73.3 cm³/mol. The number of carbonyl (C=O) groups is 2. The van der Waals surface area contributed by atoms with Gasteiger partial charge in [-0.15, -0.1) is 0 Å². The molecule has 1 atom stereocenters. The van der Waals surface area contributed by atoms with Crippen molar-refractivity contribution >= 4 is 29.0 Å². The highest BCUT2D eigenvalue weighted by molar-refractivity contribution is 7.80. The van der Waals surface area contributed by atoms with Crippen molar-refractivity contribution in [2.24, 2.45) is 5.73 Å². The maximum absolute atomic E-state index is 11.9. The molecule has 1 unspecified atom stereocenters. The number of benzene rings is 1. The number of carbonyl (C=O) groups excluding carboxylic acids is 2. The van der Waals surface area contributed by atoms with Crippen LogP contribution >= 0.6 is 12.2 Å². The Morgan fingerprint density at radius 1 is 1.33 bits per heavy atom. The molecule has 0 fully saturated rings. The van der Waals surface area contributed by atoms with Crippen molar-refractivity contribution in [3.05, 3.63) is 35.4 Å². The molecule has 2 amide bonds. The molecule has 96 valence electrons. The van der Waals surface area contributed by atoms with Gasteiger partial charge in [0, 0.05) is 18.2 Å². The van der Waals surface area contributed by atoms with E-state index in [0.29, 0.717) is 11.1 Å². The minimum atomic E-state index is -0.601. The van der Waals surface area contributed by atoms with Crippen molar-refractivity contribution in [2.45, 2.75) is 13.0 Å². The number of nitrogens with two attached hydrogens (primary N) is 1. The second kappa shape index (κ2) is 6.11. The van der Waals surface area contributed by atoms with E-state index >= 15 is 0 Å². The van der Waals surface area contributed by atoms with E-state index in [1.165, 1.54) is 7.05 Å². The van der Waals surface area contributed by atoms with Crippen LogP contribution in [0.4, 0.5) is 0 Å². The van der Waals surface area contributed by atoms with Gasteiger partial charge in [0.2, 0.25) is 5.91 Å². The van der Waals surface area contributed by atoms with E-state index in [0.717, 1.165) is 0 Å². The van der Waals surface area contributed by atoms with Crippen LogP contribution in [0.15, 0.2) is 24.3 Å². The highest BCUT2D eigenvalue weighted by Gasteiger charge is 2.15. The largest absolute Gasteiger partial charge is 0.389 e. The van der Waals surface area contributed by atoms with Gasteiger partial charge in [-0.3, -0.25) is 9.59 Å². The van der Waals surface area contributed by atoms with Gasteiger partial charge >= 0.3 is 0 Å². The van der Waals surface area contributed by atoms with Gasteiger partial charge in [0.15, 0.2) is 0 Å². The van der Waals surface area contributed by atoms with Crippen molar-refractivity contribution in [1.82, 2.24) is 10.6 Å². The summed E-state index contributed by atoms with van der Waals surface area (Å²) in [6.45, 7) is 1.61. The van der Waals surface area contributed by atoms with Crippen LogP contribution in [0.2, 0.25) is 0 Å². The molecule has 0 aliphatic carbocycles. The first-order valence-electron chi connectivity index (χ1n) is 5.38. The zero-order valence-electron chi connectivity index (χ0n) is 10.2. The molecule has 0 saturated carbocycles. The predicted octanol–water partition coefficient (Wildman–Crippen LogP) is 0.185. The third-order valence-electron chi connectivity index (χ3n) is 2.40. The van der Waals surface area contributed by atoms with E-state index < -0.39 is 6.04 Å². The smallest absolute Gasteiger partial charge is 0.251 e. The Balaban J connectivity index is 2.81. The summed E-state index contributed by atoms with van der Waals surface area (Å²) in [5.41, 5.74) is 6.52. The second-order valence-electron chi connectivity index (χ2n) is 3.75. The number of hydrogen-bond acceptors (Lipinski definition) is 3. The van der Waals surface area contributed by atoms with Crippen LogP contribution in [0.5, 0.6) is 0 Å². The molecule has 1 rings (SSSR count). The maximum atomic E-state index is 11.9. The van der Waals surface area contributed by atoms with Gasteiger partial charge in [-0.1, -0.05) is 24.4 Å². The highest BCUT2D eigenvalue weighted by atomic mass is 32.1. The van der Waals surface area contributed by atoms with E-state index in [1.54, 1.807) is 31.2 Å². The Bertz CT molecular complexity index is 488. The van der Waals surface area contributed by atoms with E-state index in [2.05, 4.69) is 10.6 Å². The summed E-state index contributed by atoms with van der Waals surface area (Å²) in [6.07, 6.45) is 0. The first kappa shape index (κ1) is 14.1. The number of likely N-dealkylation sites (N-methyl/N-ethyl adjacent to an activating group) is 1. The fourth-order valence-electron chi connectivity index (χ4n) is 1.38. The van der Waals surface area contributed by atoms with Gasteiger partial charge < -0.3 is 16.4 Å². The SMILES string of the molecule is CNC(=O)C(C)NC(=O)c1cccc(C(N)=S)c1. The van der Waals surface area contributed by atoms with Gasteiger partial charge in [0.25, 0.3) is 5.91 Å². The van der Waals surface area contributed by atoms with Gasteiger partial charge in [0.1, 0.15) is 11.0 Å². The maximum Gasteiger partial charge on any atom is 0.251 e. The standard InChI is InChI=1S/C12H15N3O2S/c1-7(11(16)14-2)15-12(17)9-5-3-4-8(6-9)10(13)18/h3-7H,1-2H3,(H2,13,18)(H,14,16)(H,15,17). The molecule has 5 nitrogen and oxygen atoms in total. The number of nitrogens with one attached hydrogen (secondary N) is 2. The Kier molecular flexibility index (Phi) is 4.79. The van der Waals surface area contributed by atoms with Crippen molar-refractivity contribution in [3.63, 3.8) is 0 Å². The number of rotatable bonds is 4. The molecule has 0 heterocycles. The second-order valence-corrected chi connectivity index (χ2v) is 4.19. The summed E-state index contributed by atoms with van der Waals surface area (Å²) in [5, 5.41) is 5.03. The number of amides is 2. The van der Waals surface area contributed by atoms with Crippen LogP contribution in [-0.2, 0) is 4.79 Å². The van der Waals surface area contributed by atoms with Crippen molar-refractivity contribution < 1.29 is 9.59 Å². The molecule has 0 aromatic heterocycles. The van der Waals surface area contributed by atoms with Crippen LogP contribution in [-0.4, -0.2) is 29.9 Å². The fraction of sp³-hybridized carbons (Fsp3) is 0.250. The Labute approximate surface area is 111 Å². The lowest BCUT2D eigenvalue weighted by Gasteiger charge is -2.12. The average Bonchev–Trinajstić information content (AvgIpc) is 2.37.